The molecule has 1 aromatic heterocycles. The molecule has 1 aromatic carbocycles. The number of aryl methyl sites for hydroxylation is 2. The number of hydrogen-bond donors (Lipinski definition) is 1. The predicted molar refractivity (Wildman–Crippen MR) is 93.6 cm³/mol. The van der Waals surface area contributed by atoms with Gasteiger partial charge in [-0.1, -0.05) is 29.8 Å². The fourth-order valence-electron chi connectivity index (χ4n) is 2.32. The van der Waals surface area contributed by atoms with E-state index in [4.69, 9.17) is 11.6 Å². The minimum Gasteiger partial charge on any atom is -0.356 e. The normalized spacial score (nSPS) is 11.6. The Balaban J connectivity index is 1.79. The van der Waals surface area contributed by atoms with E-state index in [9.17, 15) is 0 Å². The van der Waals surface area contributed by atoms with Crippen molar-refractivity contribution in [3.8, 4) is 0 Å². The van der Waals surface area contributed by atoms with E-state index >= 15 is 0 Å². The summed E-state index contributed by atoms with van der Waals surface area (Å²) < 4.78 is 1.77. The average molecular weight is 335 g/mol. The zero-order valence-electron chi connectivity index (χ0n) is 13.8. The van der Waals surface area contributed by atoms with Gasteiger partial charge in [0.2, 0.25) is 0 Å². The molecule has 0 amide bonds. The first-order valence-corrected chi connectivity index (χ1v) is 7.97. The Hall–Kier alpha value is -2.08. The van der Waals surface area contributed by atoms with Gasteiger partial charge in [-0.25, -0.2) is 4.98 Å². The molecule has 1 N–H and O–H groups in total. The Morgan fingerprint density at radius 3 is 2.83 bits per heavy atom. The summed E-state index contributed by atoms with van der Waals surface area (Å²) in [5.74, 6) is 1.73. The van der Waals surface area contributed by atoms with Gasteiger partial charge in [-0.15, -0.1) is 0 Å². The first-order valence-electron chi connectivity index (χ1n) is 7.60. The molecule has 0 aliphatic heterocycles. The van der Waals surface area contributed by atoms with Crippen LogP contribution in [0, 0.1) is 0 Å². The number of hydrogen-bond acceptors (Lipinski definition) is 3. The summed E-state index contributed by atoms with van der Waals surface area (Å²) in [6.07, 6.45) is 3.49. The number of halogens is 1. The summed E-state index contributed by atoms with van der Waals surface area (Å²) in [6.45, 7) is 1.49. The molecule has 0 saturated heterocycles. The van der Waals surface area contributed by atoms with Crippen molar-refractivity contribution in [1.82, 2.24) is 25.0 Å². The molecule has 124 valence electrons. The molecule has 0 radical (unpaired) electrons. The predicted octanol–water partition coefficient (Wildman–Crippen LogP) is 2.11. The molecular weight excluding hydrogens is 312 g/mol. The van der Waals surface area contributed by atoms with Crippen LogP contribution in [0.15, 0.2) is 35.6 Å². The van der Waals surface area contributed by atoms with Crippen LogP contribution in [0.5, 0.6) is 0 Å². The SMILES string of the molecule is CN=C(NCCCc1ccccc1Cl)N(C)Cc1ncnn1C. The van der Waals surface area contributed by atoms with Crippen molar-refractivity contribution in [2.45, 2.75) is 19.4 Å². The number of guanidine groups is 1. The summed E-state index contributed by atoms with van der Waals surface area (Å²) >= 11 is 6.17. The van der Waals surface area contributed by atoms with E-state index in [-0.39, 0.29) is 0 Å². The molecule has 2 aromatic rings. The fraction of sp³-hybridized carbons (Fsp3) is 0.438. The summed E-state index contributed by atoms with van der Waals surface area (Å²) in [6, 6.07) is 7.96. The average Bonchev–Trinajstić information content (AvgIpc) is 2.94. The van der Waals surface area contributed by atoms with Crippen LogP contribution in [0.3, 0.4) is 0 Å². The monoisotopic (exact) mass is 334 g/mol. The van der Waals surface area contributed by atoms with Crippen LogP contribution in [0.25, 0.3) is 0 Å². The lowest BCUT2D eigenvalue weighted by Crippen LogP contribution is -2.39. The number of benzene rings is 1. The van der Waals surface area contributed by atoms with Crippen LogP contribution >= 0.6 is 11.6 Å². The van der Waals surface area contributed by atoms with Crippen molar-refractivity contribution in [2.75, 3.05) is 20.6 Å². The fourth-order valence-corrected chi connectivity index (χ4v) is 2.55. The Kier molecular flexibility index (Phi) is 6.40. The van der Waals surface area contributed by atoms with Crippen molar-refractivity contribution < 1.29 is 0 Å². The van der Waals surface area contributed by atoms with Crippen LogP contribution in [-0.4, -0.2) is 46.3 Å². The van der Waals surface area contributed by atoms with Gasteiger partial charge in [-0.3, -0.25) is 9.67 Å². The highest BCUT2D eigenvalue weighted by atomic mass is 35.5. The Bertz CT molecular complexity index is 652. The Morgan fingerprint density at radius 2 is 2.17 bits per heavy atom. The van der Waals surface area contributed by atoms with E-state index in [2.05, 4.69) is 26.5 Å². The molecule has 7 heteroatoms. The van der Waals surface area contributed by atoms with E-state index in [1.165, 1.54) is 5.56 Å². The van der Waals surface area contributed by atoms with E-state index in [1.807, 2.05) is 37.2 Å². The molecule has 2 rings (SSSR count). The molecule has 0 saturated carbocycles. The second kappa shape index (κ2) is 8.53. The molecule has 6 nitrogen and oxygen atoms in total. The van der Waals surface area contributed by atoms with Gasteiger partial charge in [0, 0.05) is 32.7 Å². The minimum atomic E-state index is 0.653. The maximum atomic E-state index is 6.17. The van der Waals surface area contributed by atoms with E-state index in [0.29, 0.717) is 6.54 Å². The lowest BCUT2D eigenvalue weighted by molar-refractivity contribution is 0.448. The van der Waals surface area contributed by atoms with E-state index in [1.54, 1.807) is 18.1 Å². The second-order valence-corrected chi connectivity index (χ2v) is 5.73. The van der Waals surface area contributed by atoms with Crippen molar-refractivity contribution in [1.29, 1.82) is 0 Å². The number of nitrogens with zero attached hydrogens (tertiary/aromatic N) is 5. The van der Waals surface area contributed by atoms with Crippen LogP contribution in [0.2, 0.25) is 5.02 Å². The van der Waals surface area contributed by atoms with Gasteiger partial charge in [0.15, 0.2) is 5.96 Å². The quantitative estimate of drug-likeness (QED) is 0.499. The zero-order chi connectivity index (χ0) is 16.7. The first-order chi connectivity index (χ1) is 11.1. The second-order valence-electron chi connectivity index (χ2n) is 5.32. The number of rotatable bonds is 6. The van der Waals surface area contributed by atoms with Gasteiger partial charge in [0.25, 0.3) is 0 Å². The molecule has 0 fully saturated rings. The molecule has 0 atom stereocenters. The topological polar surface area (TPSA) is 58.3 Å². The molecule has 0 aliphatic carbocycles. The third-order valence-corrected chi connectivity index (χ3v) is 3.99. The number of aromatic nitrogens is 3. The highest BCUT2D eigenvalue weighted by Crippen LogP contribution is 2.16. The Morgan fingerprint density at radius 1 is 1.39 bits per heavy atom. The van der Waals surface area contributed by atoms with E-state index in [0.717, 1.165) is 36.2 Å². The summed E-state index contributed by atoms with van der Waals surface area (Å²) in [5, 5.41) is 8.27. The van der Waals surface area contributed by atoms with Crippen molar-refractivity contribution in [3.63, 3.8) is 0 Å². The molecule has 0 bridgehead atoms. The standard InChI is InChI=1S/C16H23ClN6/c1-18-16(22(2)11-15-20-12-21-23(15)3)19-10-6-8-13-7-4-5-9-14(13)17/h4-5,7,9,12H,6,8,10-11H2,1-3H3,(H,18,19). The lowest BCUT2D eigenvalue weighted by Gasteiger charge is -2.21. The highest BCUT2D eigenvalue weighted by Gasteiger charge is 2.09. The molecule has 1 heterocycles. The van der Waals surface area contributed by atoms with Gasteiger partial charge in [0.1, 0.15) is 12.2 Å². The van der Waals surface area contributed by atoms with Gasteiger partial charge in [-0.05, 0) is 24.5 Å². The first kappa shape index (κ1) is 17.3. The van der Waals surface area contributed by atoms with E-state index < -0.39 is 0 Å². The van der Waals surface area contributed by atoms with Crippen molar-refractivity contribution in [2.24, 2.45) is 12.0 Å². The summed E-state index contributed by atoms with van der Waals surface area (Å²) in [4.78, 5) is 10.6. The number of nitrogens with one attached hydrogen (secondary N) is 1. The van der Waals surface area contributed by atoms with Gasteiger partial charge in [-0.2, -0.15) is 5.10 Å². The molecule has 23 heavy (non-hydrogen) atoms. The maximum absolute atomic E-state index is 6.17. The van der Waals surface area contributed by atoms with Crippen LogP contribution in [0.4, 0.5) is 0 Å². The maximum Gasteiger partial charge on any atom is 0.193 e. The summed E-state index contributed by atoms with van der Waals surface area (Å²) in [7, 11) is 5.65. The van der Waals surface area contributed by atoms with Crippen molar-refractivity contribution >= 4 is 17.6 Å². The van der Waals surface area contributed by atoms with Crippen LogP contribution in [0.1, 0.15) is 17.8 Å². The van der Waals surface area contributed by atoms with Crippen LogP contribution < -0.4 is 5.32 Å². The Labute approximate surface area is 142 Å². The van der Waals surface area contributed by atoms with Gasteiger partial charge < -0.3 is 10.2 Å². The lowest BCUT2D eigenvalue weighted by atomic mass is 10.1. The highest BCUT2D eigenvalue weighted by molar-refractivity contribution is 6.31. The van der Waals surface area contributed by atoms with Gasteiger partial charge >= 0.3 is 0 Å². The molecule has 0 spiro atoms. The smallest absolute Gasteiger partial charge is 0.193 e. The van der Waals surface area contributed by atoms with Gasteiger partial charge in [0.05, 0.1) is 6.54 Å². The third kappa shape index (κ3) is 4.96. The number of aliphatic imine (C=N–C) groups is 1. The summed E-state index contributed by atoms with van der Waals surface area (Å²) in [5.41, 5.74) is 1.18. The van der Waals surface area contributed by atoms with Crippen molar-refractivity contribution in [3.05, 3.63) is 47.0 Å². The molecular formula is C16H23ClN6. The largest absolute Gasteiger partial charge is 0.356 e. The van der Waals surface area contributed by atoms with Crippen LogP contribution in [-0.2, 0) is 20.0 Å². The minimum absolute atomic E-state index is 0.653. The molecule has 0 aliphatic rings. The zero-order valence-corrected chi connectivity index (χ0v) is 14.6. The molecule has 0 unspecified atom stereocenters. The third-order valence-electron chi connectivity index (χ3n) is 3.62.